The molecule has 0 saturated heterocycles. The minimum absolute atomic E-state index is 0.387. The summed E-state index contributed by atoms with van der Waals surface area (Å²) in [4.78, 5) is 0.387. The van der Waals surface area contributed by atoms with Crippen molar-refractivity contribution in [1.82, 2.24) is 0 Å². The van der Waals surface area contributed by atoms with Crippen LogP contribution in [0, 0.1) is 0 Å². The summed E-state index contributed by atoms with van der Waals surface area (Å²) in [5, 5.41) is 3.25. The van der Waals surface area contributed by atoms with Crippen LogP contribution in [0.15, 0.2) is 23.1 Å². The Balaban J connectivity index is 2.48. The van der Waals surface area contributed by atoms with Gasteiger partial charge in [-0.1, -0.05) is 6.07 Å². The average molecular weight is 211 g/mol. The van der Waals surface area contributed by atoms with E-state index in [1.165, 1.54) is 11.8 Å². The summed E-state index contributed by atoms with van der Waals surface area (Å²) < 4.78 is 22.6. The van der Waals surface area contributed by atoms with Gasteiger partial charge in [-0.15, -0.1) is 0 Å². The molecule has 2 rings (SSSR count). The first-order chi connectivity index (χ1) is 6.47. The van der Waals surface area contributed by atoms with Crippen molar-refractivity contribution < 1.29 is 8.42 Å². The maximum atomic E-state index is 11.3. The normalized spacial score (nSPS) is 20.3. The van der Waals surface area contributed by atoms with Crippen molar-refractivity contribution in [2.24, 2.45) is 0 Å². The van der Waals surface area contributed by atoms with Gasteiger partial charge < -0.3 is 5.32 Å². The van der Waals surface area contributed by atoms with Gasteiger partial charge in [-0.3, -0.25) is 0 Å². The molecule has 76 valence electrons. The molecular weight excluding hydrogens is 198 g/mol. The van der Waals surface area contributed by atoms with Crippen LogP contribution in [0.2, 0.25) is 0 Å². The molecule has 1 heterocycles. The number of rotatable bonds is 1. The van der Waals surface area contributed by atoms with Crippen molar-refractivity contribution in [2.75, 3.05) is 11.6 Å². The van der Waals surface area contributed by atoms with Crippen molar-refractivity contribution in [3.05, 3.63) is 23.8 Å². The van der Waals surface area contributed by atoms with E-state index < -0.39 is 9.84 Å². The average Bonchev–Trinajstić information content (AvgIpc) is 2.41. The Morgan fingerprint density at radius 2 is 2.14 bits per heavy atom. The molecule has 1 aromatic carbocycles. The van der Waals surface area contributed by atoms with Crippen LogP contribution in [0.1, 0.15) is 12.5 Å². The van der Waals surface area contributed by atoms with Gasteiger partial charge in [0.05, 0.1) is 4.90 Å². The summed E-state index contributed by atoms with van der Waals surface area (Å²) in [5.41, 5.74) is 2.16. The standard InChI is InChI=1S/C10H13NO2S/c1-7-5-8-3-4-9(14(2,12)13)6-10(8)11-7/h3-4,6-7,11H,5H2,1-2H3/t7-/m1/s1. The topological polar surface area (TPSA) is 46.2 Å². The monoisotopic (exact) mass is 211 g/mol. The smallest absolute Gasteiger partial charge is 0.175 e. The van der Waals surface area contributed by atoms with E-state index in [1.807, 2.05) is 6.07 Å². The largest absolute Gasteiger partial charge is 0.382 e. The van der Waals surface area contributed by atoms with Gasteiger partial charge in [-0.2, -0.15) is 0 Å². The minimum Gasteiger partial charge on any atom is -0.382 e. The second kappa shape index (κ2) is 2.98. The lowest BCUT2D eigenvalue weighted by Gasteiger charge is -2.04. The number of hydrogen-bond acceptors (Lipinski definition) is 3. The molecular formula is C10H13NO2S. The Bertz CT molecular complexity index is 465. The maximum absolute atomic E-state index is 11.3. The number of nitrogens with one attached hydrogen (secondary N) is 1. The molecule has 0 bridgehead atoms. The van der Waals surface area contributed by atoms with E-state index in [1.54, 1.807) is 12.1 Å². The highest BCUT2D eigenvalue weighted by atomic mass is 32.2. The van der Waals surface area contributed by atoms with Crippen LogP contribution >= 0.6 is 0 Å². The van der Waals surface area contributed by atoms with Crippen LogP contribution in [0.5, 0.6) is 0 Å². The minimum atomic E-state index is -3.08. The molecule has 1 atom stereocenters. The lowest BCUT2D eigenvalue weighted by molar-refractivity contribution is 0.602. The predicted octanol–water partition coefficient (Wildman–Crippen LogP) is 1.45. The van der Waals surface area contributed by atoms with Gasteiger partial charge in [0.25, 0.3) is 0 Å². The Morgan fingerprint density at radius 1 is 1.43 bits per heavy atom. The predicted molar refractivity (Wildman–Crippen MR) is 56.3 cm³/mol. The second-order valence-corrected chi connectivity index (χ2v) is 5.86. The molecule has 0 saturated carbocycles. The molecule has 0 aliphatic carbocycles. The SMILES string of the molecule is C[C@@H]1Cc2ccc(S(C)(=O)=O)cc2N1. The van der Waals surface area contributed by atoms with Gasteiger partial charge >= 0.3 is 0 Å². The Hall–Kier alpha value is -1.03. The van der Waals surface area contributed by atoms with E-state index in [2.05, 4.69) is 12.2 Å². The fraction of sp³-hybridized carbons (Fsp3) is 0.400. The molecule has 1 aromatic rings. The van der Waals surface area contributed by atoms with Crippen molar-refractivity contribution in [2.45, 2.75) is 24.3 Å². The number of benzene rings is 1. The first-order valence-corrected chi connectivity index (χ1v) is 6.45. The van der Waals surface area contributed by atoms with Crippen molar-refractivity contribution in [3.63, 3.8) is 0 Å². The maximum Gasteiger partial charge on any atom is 0.175 e. The quantitative estimate of drug-likeness (QED) is 0.764. The molecule has 14 heavy (non-hydrogen) atoms. The molecule has 1 N–H and O–H groups in total. The first-order valence-electron chi connectivity index (χ1n) is 4.56. The number of sulfone groups is 1. The highest BCUT2D eigenvalue weighted by Gasteiger charge is 2.18. The summed E-state index contributed by atoms with van der Waals surface area (Å²) in [5.74, 6) is 0. The molecule has 0 spiro atoms. The van der Waals surface area contributed by atoms with Crippen molar-refractivity contribution in [3.8, 4) is 0 Å². The zero-order chi connectivity index (χ0) is 10.3. The number of hydrogen-bond donors (Lipinski definition) is 1. The number of anilines is 1. The first kappa shape index (κ1) is 9.52. The molecule has 4 heteroatoms. The molecule has 0 radical (unpaired) electrons. The summed E-state index contributed by atoms with van der Waals surface area (Å²) >= 11 is 0. The summed E-state index contributed by atoms with van der Waals surface area (Å²) in [6, 6.07) is 5.68. The lowest BCUT2D eigenvalue weighted by atomic mass is 10.1. The van der Waals surface area contributed by atoms with Crippen LogP contribution in [0.3, 0.4) is 0 Å². The summed E-state index contributed by atoms with van der Waals surface area (Å²) in [7, 11) is -3.08. The van der Waals surface area contributed by atoms with E-state index in [0.29, 0.717) is 10.9 Å². The van der Waals surface area contributed by atoms with Crippen molar-refractivity contribution >= 4 is 15.5 Å². The molecule has 0 unspecified atom stereocenters. The molecule has 0 amide bonds. The molecule has 0 aromatic heterocycles. The third-order valence-corrected chi connectivity index (χ3v) is 3.55. The van der Waals surface area contributed by atoms with E-state index in [0.717, 1.165) is 12.1 Å². The van der Waals surface area contributed by atoms with Crippen LogP contribution in [0.4, 0.5) is 5.69 Å². The van der Waals surface area contributed by atoms with Crippen LogP contribution in [-0.4, -0.2) is 20.7 Å². The van der Waals surface area contributed by atoms with Crippen LogP contribution in [0.25, 0.3) is 0 Å². The zero-order valence-electron chi connectivity index (χ0n) is 8.24. The van der Waals surface area contributed by atoms with E-state index in [-0.39, 0.29) is 0 Å². The Kier molecular flexibility index (Phi) is 2.03. The zero-order valence-corrected chi connectivity index (χ0v) is 9.06. The molecule has 3 nitrogen and oxygen atoms in total. The Morgan fingerprint density at radius 3 is 2.79 bits per heavy atom. The van der Waals surface area contributed by atoms with Gasteiger partial charge in [0.15, 0.2) is 9.84 Å². The highest BCUT2D eigenvalue weighted by molar-refractivity contribution is 7.90. The third-order valence-electron chi connectivity index (χ3n) is 2.44. The lowest BCUT2D eigenvalue weighted by Crippen LogP contribution is -2.08. The summed E-state index contributed by atoms with van der Waals surface area (Å²) in [6.07, 6.45) is 2.20. The van der Waals surface area contributed by atoms with E-state index in [9.17, 15) is 8.42 Å². The fourth-order valence-corrected chi connectivity index (χ4v) is 2.39. The van der Waals surface area contributed by atoms with Gasteiger partial charge in [0.2, 0.25) is 0 Å². The fourth-order valence-electron chi connectivity index (χ4n) is 1.74. The van der Waals surface area contributed by atoms with Crippen molar-refractivity contribution in [1.29, 1.82) is 0 Å². The Labute approximate surface area is 84.1 Å². The summed E-state index contributed by atoms with van der Waals surface area (Å²) in [6.45, 7) is 2.08. The van der Waals surface area contributed by atoms with E-state index in [4.69, 9.17) is 0 Å². The van der Waals surface area contributed by atoms with Crippen LogP contribution in [-0.2, 0) is 16.3 Å². The van der Waals surface area contributed by atoms with Gasteiger partial charge in [0.1, 0.15) is 0 Å². The van der Waals surface area contributed by atoms with Gasteiger partial charge in [0, 0.05) is 18.0 Å². The highest BCUT2D eigenvalue weighted by Crippen LogP contribution is 2.28. The second-order valence-electron chi connectivity index (χ2n) is 3.84. The number of fused-ring (bicyclic) bond motifs is 1. The molecule has 0 fully saturated rings. The molecule has 1 aliphatic rings. The van der Waals surface area contributed by atoms with Crippen LogP contribution < -0.4 is 5.32 Å². The van der Waals surface area contributed by atoms with Gasteiger partial charge in [-0.25, -0.2) is 8.42 Å². The third kappa shape index (κ3) is 1.62. The van der Waals surface area contributed by atoms with Gasteiger partial charge in [-0.05, 0) is 31.0 Å². The van der Waals surface area contributed by atoms with E-state index >= 15 is 0 Å². The molecule has 1 aliphatic heterocycles.